The van der Waals surface area contributed by atoms with Gasteiger partial charge < -0.3 is 15.2 Å². The molecule has 1 amide bonds. The number of hydrogen-bond acceptors (Lipinski definition) is 3. The molecule has 92 valence electrons. The van der Waals surface area contributed by atoms with Crippen molar-refractivity contribution in [3.8, 4) is 0 Å². The summed E-state index contributed by atoms with van der Waals surface area (Å²) in [5, 5.41) is 0. The van der Waals surface area contributed by atoms with Gasteiger partial charge in [0.1, 0.15) is 0 Å². The molecule has 1 heterocycles. The lowest BCUT2D eigenvalue weighted by Crippen LogP contribution is -2.22. The molecule has 4 nitrogen and oxygen atoms in total. The summed E-state index contributed by atoms with van der Waals surface area (Å²) in [6.45, 7) is 1.22. The number of nitrogens with two attached hydrogens (primary N) is 1. The Kier molecular flexibility index (Phi) is 4.12. The molecule has 0 saturated carbocycles. The Morgan fingerprint density at radius 1 is 1.47 bits per heavy atom. The van der Waals surface area contributed by atoms with Crippen LogP contribution in [0.3, 0.4) is 0 Å². The zero-order valence-electron chi connectivity index (χ0n) is 9.72. The summed E-state index contributed by atoms with van der Waals surface area (Å²) in [4.78, 5) is 11.0. The van der Waals surface area contributed by atoms with Gasteiger partial charge in [-0.3, -0.25) is 4.79 Å². The lowest BCUT2D eigenvalue weighted by Gasteiger charge is -2.22. The first-order valence-electron chi connectivity index (χ1n) is 5.87. The maximum atomic E-state index is 11.0. The molecule has 4 heteroatoms. The Labute approximate surface area is 101 Å². The van der Waals surface area contributed by atoms with Crippen molar-refractivity contribution in [3.05, 3.63) is 35.4 Å². The van der Waals surface area contributed by atoms with Crippen LogP contribution in [0.1, 0.15) is 35.2 Å². The first kappa shape index (κ1) is 12.1. The Hall–Kier alpha value is -1.39. The van der Waals surface area contributed by atoms with Crippen molar-refractivity contribution in [1.82, 2.24) is 0 Å². The largest absolute Gasteiger partial charge is 0.366 e. The molecule has 1 saturated heterocycles. The van der Waals surface area contributed by atoms with E-state index >= 15 is 0 Å². The van der Waals surface area contributed by atoms with Crippen LogP contribution in [0.2, 0.25) is 0 Å². The van der Waals surface area contributed by atoms with Crippen LogP contribution in [0.15, 0.2) is 24.3 Å². The topological polar surface area (TPSA) is 61.6 Å². The van der Waals surface area contributed by atoms with E-state index in [-0.39, 0.29) is 6.29 Å². The average Bonchev–Trinajstić information content (AvgIpc) is 2.38. The molecule has 0 bridgehead atoms. The van der Waals surface area contributed by atoms with Crippen LogP contribution in [0, 0.1) is 0 Å². The molecular weight excluding hydrogens is 218 g/mol. The predicted octanol–water partition coefficient (Wildman–Crippen LogP) is 1.83. The highest BCUT2D eigenvalue weighted by molar-refractivity contribution is 5.92. The van der Waals surface area contributed by atoms with Crippen molar-refractivity contribution in [3.63, 3.8) is 0 Å². The zero-order chi connectivity index (χ0) is 12.1. The third kappa shape index (κ3) is 3.54. The van der Waals surface area contributed by atoms with Crippen LogP contribution in [-0.4, -0.2) is 18.8 Å². The summed E-state index contributed by atoms with van der Waals surface area (Å²) in [6.07, 6.45) is 3.08. The first-order chi connectivity index (χ1) is 8.25. The van der Waals surface area contributed by atoms with Gasteiger partial charge in [0.25, 0.3) is 0 Å². The summed E-state index contributed by atoms with van der Waals surface area (Å²) in [5.41, 5.74) is 6.67. The van der Waals surface area contributed by atoms with Crippen molar-refractivity contribution in [2.75, 3.05) is 6.61 Å². The van der Waals surface area contributed by atoms with E-state index in [9.17, 15) is 4.79 Å². The fraction of sp³-hybridized carbons (Fsp3) is 0.462. The highest BCUT2D eigenvalue weighted by Crippen LogP contribution is 2.16. The highest BCUT2D eigenvalue weighted by atomic mass is 16.7. The Bertz CT molecular complexity index is 386. The van der Waals surface area contributed by atoms with Crippen molar-refractivity contribution >= 4 is 5.91 Å². The Morgan fingerprint density at radius 3 is 3.06 bits per heavy atom. The monoisotopic (exact) mass is 235 g/mol. The minimum atomic E-state index is -0.416. The van der Waals surface area contributed by atoms with E-state index < -0.39 is 5.91 Å². The maximum Gasteiger partial charge on any atom is 0.248 e. The van der Waals surface area contributed by atoms with E-state index in [0.717, 1.165) is 31.4 Å². The molecule has 0 aliphatic carbocycles. The second kappa shape index (κ2) is 5.80. The van der Waals surface area contributed by atoms with E-state index in [0.29, 0.717) is 12.2 Å². The van der Waals surface area contributed by atoms with Gasteiger partial charge in [0.05, 0.1) is 6.61 Å². The molecule has 1 atom stereocenters. The third-order valence-electron chi connectivity index (χ3n) is 2.79. The number of ether oxygens (including phenoxy) is 2. The number of amides is 1. The third-order valence-corrected chi connectivity index (χ3v) is 2.79. The maximum absolute atomic E-state index is 11.0. The molecule has 1 unspecified atom stereocenters. The molecule has 0 aromatic heterocycles. The minimum absolute atomic E-state index is 0.110. The fourth-order valence-corrected chi connectivity index (χ4v) is 1.85. The molecule has 1 aromatic rings. The van der Waals surface area contributed by atoms with Crippen LogP contribution < -0.4 is 5.73 Å². The Morgan fingerprint density at radius 2 is 2.35 bits per heavy atom. The fourth-order valence-electron chi connectivity index (χ4n) is 1.85. The number of carbonyl (C=O) groups excluding carboxylic acids is 1. The molecule has 0 radical (unpaired) electrons. The van der Waals surface area contributed by atoms with Gasteiger partial charge in [-0.15, -0.1) is 0 Å². The van der Waals surface area contributed by atoms with E-state index in [1.54, 1.807) is 18.2 Å². The molecular formula is C13H17NO3. The van der Waals surface area contributed by atoms with Crippen molar-refractivity contribution < 1.29 is 14.3 Å². The predicted molar refractivity (Wildman–Crippen MR) is 63.3 cm³/mol. The number of benzene rings is 1. The second-order valence-corrected chi connectivity index (χ2v) is 4.17. The minimum Gasteiger partial charge on any atom is -0.366 e. The van der Waals surface area contributed by atoms with Gasteiger partial charge in [-0.1, -0.05) is 12.1 Å². The second-order valence-electron chi connectivity index (χ2n) is 4.17. The molecule has 1 aromatic carbocycles. The van der Waals surface area contributed by atoms with Gasteiger partial charge in [-0.2, -0.15) is 0 Å². The van der Waals surface area contributed by atoms with Crippen molar-refractivity contribution in [2.45, 2.75) is 32.2 Å². The van der Waals surface area contributed by atoms with Gasteiger partial charge in [-0.05, 0) is 37.0 Å². The summed E-state index contributed by atoms with van der Waals surface area (Å²) in [6, 6.07) is 7.17. The number of hydrogen-bond donors (Lipinski definition) is 1. The van der Waals surface area contributed by atoms with Gasteiger partial charge in [0, 0.05) is 12.2 Å². The van der Waals surface area contributed by atoms with Crippen LogP contribution in [0.5, 0.6) is 0 Å². The highest BCUT2D eigenvalue weighted by Gasteiger charge is 2.14. The standard InChI is InChI=1S/C13H17NO3/c14-13(15)11-5-3-4-10(8-11)9-17-12-6-1-2-7-16-12/h3-5,8,12H,1-2,6-7,9H2,(H2,14,15). The quantitative estimate of drug-likeness (QED) is 0.866. The van der Waals surface area contributed by atoms with Crippen LogP contribution in [0.25, 0.3) is 0 Å². The van der Waals surface area contributed by atoms with Crippen molar-refractivity contribution in [1.29, 1.82) is 0 Å². The van der Waals surface area contributed by atoms with E-state index in [1.807, 2.05) is 6.07 Å². The van der Waals surface area contributed by atoms with Gasteiger partial charge in [0.15, 0.2) is 6.29 Å². The lowest BCUT2D eigenvalue weighted by atomic mass is 10.1. The summed E-state index contributed by atoms with van der Waals surface area (Å²) in [7, 11) is 0. The van der Waals surface area contributed by atoms with E-state index in [2.05, 4.69) is 0 Å². The summed E-state index contributed by atoms with van der Waals surface area (Å²) < 4.78 is 11.1. The lowest BCUT2D eigenvalue weighted by molar-refractivity contribution is -0.168. The molecule has 0 spiro atoms. The first-order valence-corrected chi connectivity index (χ1v) is 5.87. The molecule has 1 aliphatic heterocycles. The molecule has 1 fully saturated rings. The zero-order valence-corrected chi connectivity index (χ0v) is 9.72. The van der Waals surface area contributed by atoms with Gasteiger partial charge >= 0.3 is 0 Å². The molecule has 2 rings (SSSR count). The van der Waals surface area contributed by atoms with Crippen LogP contribution >= 0.6 is 0 Å². The molecule has 1 aliphatic rings. The van der Waals surface area contributed by atoms with Crippen LogP contribution in [-0.2, 0) is 16.1 Å². The number of carbonyl (C=O) groups is 1. The van der Waals surface area contributed by atoms with Crippen LogP contribution in [0.4, 0.5) is 0 Å². The summed E-state index contributed by atoms with van der Waals surface area (Å²) >= 11 is 0. The van der Waals surface area contributed by atoms with Gasteiger partial charge in [-0.25, -0.2) is 0 Å². The Balaban J connectivity index is 1.89. The average molecular weight is 235 g/mol. The normalized spacial score (nSPS) is 20.1. The van der Waals surface area contributed by atoms with E-state index in [4.69, 9.17) is 15.2 Å². The SMILES string of the molecule is NC(=O)c1cccc(COC2CCCCO2)c1. The molecule has 2 N–H and O–H groups in total. The summed E-state index contributed by atoms with van der Waals surface area (Å²) in [5.74, 6) is -0.416. The van der Waals surface area contributed by atoms with E-state index in [1.165, 1.54) is 0 Å². The number of primary amides is 1. The smallest absolute Gasteiger partial charge is 0.248 e. The van der Waals surface area contributed by atoms with Gasteiger partial charge in [0.2, 0.25) is 5.91 Å². The molecule has 17 heavy (non-hydrogen) atoms. The van der Waals surface area contributed by atoms with Crippen molar-refractivity contribution in [2.24, 2.45) is 5.73 Å². The number of rotatable bonds is 4.